The van der Waals surface area contributed by atoms with Crippen LogP contribution in [0.2, 0.25) is 0 Å². The maximum Gasteiger partial charge on any atom is -0.0163 e. The Kier molecular flexibility index (Phi) is 4.17. The van der Waals surface area contributed by atoms with Crippen molar-refractivity contribution < 1.29 is 0 Å². The minimum absolute atomic E-state index is 0.654. The van der Waals surface area contributed by atoms with Gasteiger partial charge in [0.05, 0.1) is 0 Å². The highest BCUT2D eigenvalue weighted by atomic mass is 14.0. The van der Waals surface area contributed by atoms with Gasteiger partial charge < -0.3 is 0 Å². The molecule has 0 heterocycles. The van der Waals surface area contributed by atoms with Crippen LogP contribution in [0.4, 0.5) is 0 Å². The molecule has 9 heavy (non-hydrogen) atoms. The van der Waals surface area contributed by atoms with Gasteiger partial charge in [-0.2, -0.15) is 0 Å². The first-order valence-corrected chi connectivity index (χ1v) is 3.55. The molecule has 0 aromatic carbocycles. The molecule has 0 saturated carbocycles. The van der Waals surface area contributed by atoms with Crippen molar-refractivity contribution >= 4 is 0 Å². The van der Waals surface area contributed by atoms with E-state index in [0.717, 1.165) is 5.92 Å². The van der Waals surface area contributed by atoms with Crippen molar-refractivity contribution in [1.82, 2.24) is 0 Å². The molecule has 0 aromatic rings. The second-order valence-electron chi connectivity index (χ2n) is 2.73. The fourth-order valence-electron chi connectivity index (χ4n) is 0.440. The van der Waals surface area contributed by atoms with Gasteiger partial charge in [-0.3, -0.25) is 0 Å². The lowest BCUT2D eigenvalue weighted by molar-refractivity contribution is 0.505. The van der Waals surface area contributed by atoms with E-state index in [2.05, 4.69) is 32.6 Å². The fraction of sp³-hybridized carbons (Fsp3) is 0.667. The number of hydrogen-bond acceptors (Lipinski definition) is 0. The summed E-state index contributed by atoms with van der Waals surface area (Å²) < 4.78 is 0. The molecule has 52 valence electrons. The Balaban J connectivity index is 3.76. The van der Waals surface area contributed by atoms with Crippen molar-refractivity contribution in [2.75, 3.05) is 0 Å². The third-order valence-corrected chi connectivity index (χ3v) is 1.58. The van der Waals surface area contributed by atoms with Gasteiger partial charge in [0.1, 0.15) is 0 Å². The van der Waals surface area contributed by atoms with Crippen LogP contribution in [0, 0.1) is 11.8 Å². The molecular weight excluding hydrogens is 108 g/mol. The molecule has 0 amide bonds. The summed E-state index contributed by atoms with van der Waals surface area (Å²) in [6, 6.07) is 0. The van der Waals surface area contributed by atoms with Gasteiger partial charge in [-0.15, -0.1) is 5.73 Å². The van der Waals surface area contributed by atoms with Crippen molar-refractivity contribution in [2.45, 2.75) is 27.7 Å². The topological polar surface area (TPSA) is 0 Å². The Hall–Kier alpha value is -0.480. The normalized spacial score (nSPS) is 12.6. The molecule has 0 aliphatic heterocycles. The van der Waals surface area contributed by atoms with E-state index in [1.165, 1.54) is 0 Å². The van der Waals surface area contributed by atoms with Gasteiger partial charge in [0.2, 0.25) is 0 Å². The van der Waals surface area contributed by atoms with E-state index in [9.17, 15) is 0 Å². The van der Waals surface area contributed by atoms with E-state index >= 15 is 0 Å². The molecule has 0 bridgehead atoms. The van der Waals surface area contributed by atoms with Crippen LogP contribution in [0.15, 0.2) is 17.9 Å². The maximum absolute atomic E-state index is 3.08. The van der Waals surface area contributed by atoms with Gasteiger partial charge in [-0.05, 0) is 30.9 Å². The lowest BCUT2D eigenvalue weighted by Crippen LogP contribution is -1.98. The van der Waals surface area contributed by atoms with Gasteiger partial charge >= 0.3 is 0 Å². The zero-order valence-corrected chi connectivity index (χ0v) is 6.81. The van der Waals surface area contributed by atoms with E-state index < -0.39 is 0 Å². The highest BCUT2D eigenvalue weighted by molar-refractivity contribution is 4.87. The van der Waals surface area contributed by atoms with Crippen molar-refractivity contribution in [3.63, 3.8) is 0 Å². The zero-order chi connectivity index (χ0) is 7.28. The Morgan fingerprint density at radius 2 is 1.78 bits per heavy atom. The van der Waals surface area contributed by atoms with Crippen LogP contribution < -0.4 is 0 Å². The number of allylic oxidation sites excluding steroid dienone is 1. The Labute approximate surface area is 58.3 Å². The summed E-state index contributed by atoms with van der Waals surface area (Å²) in [6.07, 6.45) is 4.06. The van der Waals surface area contributed by atoms with E-state index in [1.54, 1.807) is 0 Å². The molecule has 0 fully saturated rings. The predicted molar refractivity (Wildman–Crippen MR) is 42.3 cm³/mol. The van der Waals surface area contributed by atoms with Gasteiger partial charge in [0, 0.05) is 0 Å². The summed E-state index contributed by atoms with van der Waals surface area (Å²) in [5.74, 6) is 1.39. The second-order valence-corrected chi connectivity index (χ2v) is 2.73. The van der Waals surface area contributed by atoms with Crippen molar-refractivity contribution in [3.8, 4) is 0 Å². The Morgan fingerprint density at radius 3 is 2.11 bits per heavy atom. The van der Waals surface area contributed by atoms with Crippen molar-refractivity contribution in [3.05, 3.63) is 17.9 Å². The monoisotopic (exact) mass is 124 g/mol. The summed E-state index contributed by atoms with van der Waals surface area (Å²) in [5, 5.41) is 0. The van der Waals surface area contributed by atoms with E-state index in [4.69, 9.17) is 0 Å². The smallest absolute Gasteiger partial charge is 0.0163 e. The lowest BCUT2D eigenvalue weighted by Gasteiger charge is -2.07. The third-order valence-electron chi connectivity index (χ3n) is 1.58. The molecule has 0 radical (unpaired) electrons. The summed E-state index contributed by atoms with van der Waals surface area (Å²) in [4.78, 5) is 0. The fourth-order valence-corrected chi connectivity index (χ4v) is 0.440. The van der Waals surface area contributed by atoms with Crippen LogP contribution in [-0.4, -0.2) is 0 Å². The summed E-state index contributed by atoms with van der Waals surface area (Å²) in [5.41, 5.74) is 3.08. The number of rotatable bonds is 2. The molecule has 0 nitrogen and oxygen atoms in total. The maximum atomic E-state index is 3.08. The molecule has 0 heteroatoms. The van der Waals surface area contributed by atoms with Crippen LogP contribution in [0.25, 0.3) is 0 Å². The molecule has 0 saturated heterocycles. The average molecular weight is 124 g/mol. The highest BCUT2D eigenvalue weighted by Gasteiger charge is 1.99. The van der Waals surface area contributed by atoms with Crippen molar-refractivity contribution in [2.24, 2.45) is 11.8 Å². The minimum Gasteiger partial charge on any atom is -0.130 e. The minimum atomic E-state index is 0.654. The molecule has 0 rings (SSSR count). The highest BCUT2D eigenvalue weighted by Crippen LogP contribution is 2.09. The predicted octanol–water partition coefficient (Wildman–Crippen LogP) is 3.01. The molecular formula is C9H16. The van der Waals surface area contributed by atoms with Gasteiger partial charge in [-0.25, -0.2) is 0 Å². The van der Waals surface area contributed by atoms with E-state index in [-0.39, 0.29) is 0 Å². The average Bonchev–Trinajstić information content (AvgIpc) is 1.82. The SMILES string of the molecule is CC=C=CC(C)C(C)C. The first-order valence-electron chi connectivity index (χ1n) is 3.55. The van der Waals surface area contributed by atoms with Crippen LogP contribution in [0.3, 0.4) is 0 Å². The van der Waals surface area contributed by atoms with Gasteiger partial charge in [0.25, 0.3) is 0 Å². The van der Waals surface area contributed by atoms with Crippen molar-refractivity contribution in [1.29, 1.82) is 0 Å². The first-order chi connectivity index (χ1) is 4.18. The molecule has 0 spiro atoms. The molecule has 0 aromatic heterocycles. The van der Waals surface area contributed by atoms with E-state index in [0.29, 0.717) is 5.92 Å². The van der Waals surface area contributed by atoms with Crippen LogP contribution >= 0.6 is 0 Å². The summed E-state index contributed by atoms with van der Waals surface area (Å²) >= 11 is 0. The summed E-state index contributed by atoms with van der Waals surface area (Å²) in [7, 11) is 0. The Bertz CT molecular complexity index is 114. The third kappa shape index (κ3) is 4.05. The standard InChI is InChI=1S/C9H16/c1-5-6-7-9(4)8(2)3/h5,7-9H,1-4H3. The van der Waals surface area contributed by atoms with Crippen LogP contribution in [0.5, 0.6) is 0 Å². The molecule has 0 aliphatic rings. The molecule has 0 aliphatic carbocycles. The first kappa shape index (κ1) is 8.52. The zero-order valence-electron chi connectivity index (χ0n) is 6.81. The van der Waals surface area contributed by atoms with Gasteiger partial charge in [-0.1, -0.05) is 20.8 Å². The summed E-state index contributed by atoms with van der Waals surface area (Å²) in [6.45, 7) is 8.64. The van der Waals surface area contributed by atoms with Crippen LogP contribution in [-0.2, 0) is 0 Å². The Morgan fingerprint density at radius 1 is 1.22 bits per heavy atom. The van der Waals surface area contributed by atoms with E-state index in [1.807, 2.05) is 13.0 Å². The van der Waals surface area contributed by atoms with Crippen LogP contribution in [0.1, 0.15) is 27.7 Å². The molecule has 0 N–H and O–H groups in total. The molecule has 1 atom stereocenters. The lowest BCUT2D eigenvalue weighted by atomic mass is 9.98. The number of hydrogen-bond donors (Lipinski definition) is 0. The largest absolute Gasteiger partial charge is 0.130 e. The quantitative estimate of drug-likeness (QED) is 0.496. The van der Waals surface area contributed by atoms with Gasteiger partial charge in [0.15, 0.2) is 0 Å². The second kappa shape index (κ2) is 4.40. The molecule has 1 unspecified atom stereocenters.